The van der Waals surface area contributed by atoms with Crippen LogP contribution >= 0.6 is 0 Å². The van der Waals surface area contributed by atoms with Gasteiger partial charge in [-0.1, -0.05) is 42.3 Å². The highest BCUT2D eigenvalue weighted by Crippen LogP contribution is 2.33. The summed E-state index contributed by atoms with van der Waals surface area (Å²) >= 11 is 0. The molecule has 2 aliphatic rings. The van der Waals surface area contributed by atoms with Crippen molar-refractivity contribution in [3.63, 3.8) is 0 Å². The first-order valence-electron chi connectivity index (χ1n) is 12.0. The summed E-state index contributed by atoms with van der Waals surface area (Å²) in [5, 5.41) is 11.1. The minimum Gasteiger partial charge on any atom is -0.458 e. The fourth-order valence-corrected chi connectivity index (χ4v) is 5.24. The highest BCUT2D eigenvalue weighted by Gasteiger charge is 2.37. The number of nitrogens with two attached hydrogens (primary N) is 1. The van der Waals surface area contributed by atoms with Crippen LogP contribution in [0.3, 0.4) is 0 Å². The maximum absolute atomic E-state index is 13.6. The van der Waals surface area contributed by atoms with Crippen LogP contribution in [0.1, 0.15) is 25.5 Å². The van der Waals surface area contributed by atoms with Crippen LogP contribution < -0.4 is 21.5 Å². The number of piperidine rings is 1. The maximum Gasteiger partial charge on any atom is 0.293 e. The van der Waals surface area contributed by atoms with Crippen LogP contribution in [0.15, 0.2) is 57.9 Å². The van der Waals surface area contributed by atoms with Gasteiger partial charge in [0.25, 0.3) is 5.56 Å². The number of anilines is 2. The molecular weight excluding hydrogens is 440 g/mol. The normalized spacial score (nSPS) is 20.0. The first kappa shape index (κ1) is 21.7. The van der Waals surface area contributed by atoms with Gasteiger partial charge in [-0.15, -0.1) is 5.92 Å². The zero-order valence-corrected chi connectivity index (χ0v) is 19.7. The molecule has 4 heterocycles. The second kappa shape index (κ2) is 8.77. The molecular formula is C27H28N6O2. The van der Waals surface area contributed by atoms with Gasteiger partial charge in [0.2, 0.25) is 0 Å². The Morgan fingerprint density at radius 3 is 2.94 bits per heavy atom. The lowest BCUT2D eigenvalue weighted by molar-refractivity contribution is 0.165. The number of hydrogen-bond donors (Lipinski definition) is 2. The molecule has 1 saturated heterocycles. The van der Waals surface area contributed by atoms with E-state index >= 15 is 0 Å². The molecule has 4 aromatic rings. The molecule has 0 spiro atoms. The lowest BCUT2D eigenvalue weighted by Crippen LogP contribution is -2.56. The Hall–Kier alpha value is -3.80. The van der Waals surface area contributed by atoms with E-state index in [2.05, 4.69) is 45.4 Å². The summed E-state index contributed by atoms with van der Waals surface area (Å²) in [6.07, 6.45) is 3.61. The van der Waals surface area contributed by atoms with Crippen LogP contribution in [0.25, 0.3) is 21.7 Å². The van der Waals surface area contributed by atoms with Crippen molar-refractivity contribution < 1.29 is 4.42 Å². The lowest BCUT2D eigenvalue weighted by atomic mass is 10.1. The van der Waals surface area contributed by atoms with Crippen molar-refractivity contribution in [3.05, 3.63) is 64.8 Å². The molecule has 0 bridgehead atoms. The van der Waals surface area contributed by atoms with Gasteiger partial charge in [-0.3, -0.25) is 9.69 Å². The third kappa shape index (κ3) is 3.83. The quantitative estimate of drug-likeness (QED) is 0.445. The summed E-state index contributed by atoms with van der Waals surface area (Å²) in [5.41, 5.74) is 8.23. The second-order valence-corrected chi connectivity index (χ2v) is 9.26. The number of hydrogen-bond acceptors (Lipinski definition) is 7. The highest BCUT2D eigenvalue weighted by molar-refractivity contribution is 6.04. The fourth-order valence-electron chi connectivity index (χ4n) is 5.24. The van der Waals surface area contributed by atoms with Crippen molar-refractivity contribution in [2.24, 2.45) is 5.73 Å². The summed E-state index contributed by atoms with van der Waals surface area (Å²) in [4.78, 5) is 18.0. The third-order valence-electron chi connectivity index (χ3n) is 6.91. The summed E-state index contributed by atoms with van der Waals surface area (Å²) in [5.74, 6) is 6.78. The number of nitrogens with zero attached hydrogens (tertiary/aromatic N) is 4. The van der Waals surface area contributed by atoms with Crippen molar-refractivity contribution >= 4 is 33.1 Å². The van der Waals surface area contributed by atoms with Crippen molar-refractivity contribution in [2.45, 2.75) is 38.6 Å². The Kier molecular flexibility index (Phi) is 5.44. The Bertz CT molecular complexity index is 1530. The number of benzene rings is 2. The molecule has 35 heavy (non-hydrogen) atoms. The van der Waals surface area contributed by atoms with E-state index in [1.165, 1.54) is 4.68 Å². The molecule has 3 N–H and O–H groups in total. The van der Waals surface area contributed by atoms with Gasteiger partial charge in [0.05, 0.1) is 18.4 Å². The average molecular weight is 469 g/mol. The van der Waals surface area contributed by atoms with Gasteiger partial charge in [-0.2, -0.15) is 5.10 Å². The number of aromatic nitrogens is 2. The second-order valence-electron chi connectivity index (χ2n) is 9.26. The molecule has 8 nitrogen and oxygen atoms in total. The Labute approximate surface area is 203 Å². The lowest BCUT2D eigenvalue weighted by Gasteiger charge is -2.39. The number of fused-ring (bicyclic) bond motifs is 4. The molecule has 2 aromatic heterocycles. The molecule has 2 unspecified atom stereocenters. The zero-order valence-electron chi connectivity index (χ0n) is 19.7. The minimum atomic E-state index is -0.167. The molecule has 0 saturated carbocycles. The molecule has 8 heteroatoms. The van der Waals surface area contributed by atoms with E-state index < -0.39 is 0 Å². The predicted octanol–water partition coefficient (Wildman–Crippen LogP) is 3.15. The van der Waals surface area contributed by atoms with Crippen molar-refractivity contribution in [3.8, 4) is 11.8 Å². The van der Waals surface area contributed by atoms with E-state index in [4.69, 9.17) is 10.2 Å². The van der Waals surface area contributed by atoms with E-state index in [9.17, 15) is 4.79 Å². The smallest absolute Gasteiger partial charge is 0.293 e. The standard InChI is InChI=1S/C27H28N6O2/c1-2-3-13-32-24-23(30-27(32)31-12-6-8-20(28)16-31)15-29-33(26(24)34)17-21-14-19-11-10-18-7-4-5-9-22(18)25(19)35-21/h4-5,7,9-11,14-15,20,27,30H,6,8,12-13,16-17,28H2,1H3. The third-order valence-corrected chi connectivity index (χ3v) is 6.91. The fraction of sp³-hybridized carbons (Fsp3) is 0.333. The van der Waals surface area contributed by atoms with Gasteiger partial charge in [-0.05, 0) is 31.2 Å². The van der Waals surface area contributed by atoms with E-state index in [-0.39, 0.29) is 24.4 Å². The molecule has 1 fully saturated rings. The van der Waals surface area contributed by atoms with E-state index in [1.54, 1.807) is 6.20 Å². The van der Waals surface area contributed by atoms with Gasteiger partial charge in [0.15, 0.2) is 6.29 Å². The van der Waals surface area contributed by atoms with Gasteiger partial charge in [0.1, 0.15) is 23.6 Å². The number of rotatable bonds is 4. The first-order valence-corrected chi connectivity index (χ1v) is 12.0. The Morgan fingerprint density at radius 2 is 2.09 bits per heavy atom. The molecule has 2 atom stereocenters. The summed E-state index contributed by atoms with van der Waals surface area (Å²) < 4.78 is 7.68. The van der Waals surface area contributed by atoms with Crippen LogP contribution in [-0.4, -0.2) is 46.6 Å². The van der Waals surface area contributed by atoms with Crippen molar-refractivity contribution in [1.29, 1.82) is 0 Å². The van der Waals surface area contributed by atoms with Crippen LogP contribution in [0.4, 0.5) is 11.4 Å². The summed E-state index contributed by atoms with van der Waals surface area (Å²) in [6, 6.07) is 14.4. The maximum atomic E-state index is 13.6. The first-order chi connectivity index (χ1) is 17.1. The van der Waals surface area contributed by atoms with Crippen LogP contribution in [0, 0.1) is 11.8 Å². The summed E-state index contributed by atoms with van der Waals surface area (Å²) in [6.45, 7) is 4.21. The molecule has 2 aromatic carbocycles. The average Bonchev–Trinajstić information content (AvgIpc) is 3.46. The largest absolute Gasteiger partial charge is 0.458 e. The SMILES string of the molecule is CC#CCN1c2c(cnn(Cc3cc4ccc5ccccc5c4o3)c2=O)NC1N1CCCC(N)C1. The molecule has 0 radical (unpaired) electrons. The molecule has 0 amide bonds. The molecule has 178 valence electrons. The van der Waals surface area contributed by atoms with Gasteiger partial charge in [-0.25, -0.2) is 4.68 Å². The van der Waals surface area contributed by atoms with Crippen molar-refractivity contribution in [1.82, 2.24) is 14.7 Å². The minimum absolute atomic E-state index is 0.132. The highest BCUT2D eigenvalue weighted by atomic mass is 16.3. The number of furan rings is 1. The van der Waals surface area contributed by atoms with E-state index in [1.807, 2.05) is 36.1 Å². The molecule has 2 aliphatic heterocycles. The topological polar surface area (TPSA) is 92.6 Å². The van der Waals surface area contributed by atoms with E-state index in [0.717, 1.165) is 53.4 Å². The molecule has 6 rings (SSSR count). The van der Waals surface area contributed by atoms with Crippen LogP contribution in [0.2, 0.25) is 0 Å². The van der Waals surface area contributed by atoms with Gasteiger partial charge >= 0.3 is 0 Å². The monoisotopic (exact) mass is 468 g/mol. The zero-order chi connectivity index (χ0) is 23.9. The number of likely N-dealkylation sites (tertiary alicyclic amines) is 1. The van der Waals surface area contributed by atoms with Crippen LogP contribution in [-0.2, 0) is 6.54 Å². The van der Waals surface area contributed by atoms with Gasteiger partial charge < -0.3 is 20.4 Å². The number of nitrogens with one attached hydrogen (secondary N) is 1. The predicted molar refractivity (Wildman–Crippen MR) is 138 cm³/mol. The van der Waals surface area contributed by atoms with E-state index in [0.29, 0.717) is 18.0 Å². The van der Waals surface area contributed by atoms with Gasteiger partial charge in [0, 0.05) is 29.9 Å². The molecule has 0 aliphatic carbocycles. The van der Waals surface area contributed by atoms with Crippen LogP contribution in [0.5, 0.6) is 0 Å². The Morgan fingerprint density at radius 1 is 1.23 bits per heavy atom. The summed E-state index contributed by atoms with van der Waals surface area (Å²) in [7, 11) is 0. The van der Waals surface area contributed by atoms with Crippen molar-refractivity contribution in [2.75, 3.05) is 29.9 Å². The Balaban J connectivity index is 1.35.